The van der Waals surface area contributed by atoms with Crippen molar-refractivity contribution in [1.29, 1.82) is 0 Å². The maximum Gasteiger partial charge on any atom is 0.397 e. The van der Waals surface area contributed by atoms with Gasteiger partial charge in [0.15, 0.2) is 6.29 Å². The third kappa shape index (κ3) is 30.6. The molecule has 0 aromatic rings. The van der Waals surface area contributed by atoms with Crippen LogP contribution in [0.15, 0.2) is 24.3 Å². The first kappa shape index (κ1) is 58.6. The maximum atomic E-state index is 13.1. The molecule has 1 saturated heterocycles. The summed E-state index contributed by atoms with van der Waals surface area (Å²) in [5, 5.41) is 55.3. The Morgan fingerprint density at radius 3 is 1.50 bits per heavy atom. The van der Waals surface area contributed by atoms with E-state index in [0.29, 0.717) is 12.8 Å². The second-order valence-corrected chi connectivity index (χ2v) is 18.6. The molecule has 366 valence electrons. The van der Waals surface area contributed by atoms with Crippen molar-refractivity contribution in [2.45, 2.75) is 262 Å². The Labute approximate surface area is 376 Å². The van der Waals surface area contributed by atoms with Crippen molar-refractivity contribution < 1.29 is 57.0 Å². The number of hydrogen-bond acceptors (Lipinski definition) is 11. The number of nitrogens with one attached hydrogen (secondary N) is 1. The van der Waals surface area contributed by atoms with Crippen molar-refractivity contribution in [3.05, 3.63) is 24.3 Å². The summed E-state index contributed by atoms with van der Waals surface area (Å²) in [7, 11) is -5.12. The van der Waals surface area contributed by atoms with E-state index in [-0.39, 0.29) is 6.42 Å². The minimum Gasteiger partial charge on any atom is -0.394 e. The lowest BCUT2D eigenvalue weighted by Gasteiger charge is -2.41. The molecule has 13 nitrogen and oxygen atoms in total. The first-order chi connectivity index (χ1) is 29.9. The molecule has 8 atom stereocenters. The Morgan fingerprint density at radius 1 is 0.645 bits per heavy atom. The smallest absolute Gasteiger partial charge is 0.394 e. The van der Waals surface area contributed by atoms with E-state index in [2.05, 4.69) is 35.5 Å². The molecule has 0 aromatic heterocycles. The summed E-state index contributed by atoms with van der Waals surface area (Å²) in [4.78, 5) is 13.1. The van der Waals surface area contributed by atoms with Gasteiger partial charge in [0.25, 0.3) is 0 Å². The molecule has 1 heterocycles. The number of carbonyl (C=O) groups excluding carboxylic acids is 1. The molecule has 0 spiro atoms. The van der Waals surface area contributed by atoms with Gasteiger partial charge in [-0.25, -0.2) is 4.18 Å². The fourth-order valence-electron chi connectivity index (χ4n) is 7.87. The Morgan fingerprint density at radius 2 is 1.06 bits per heavy atom. The van der Waals surface area contributed by atoms with Crippen molar-refractivity contribution in [2.24, 2.45) is 0 Å². The zero-order valence-corrected chi connectivity index (χ0v) is 39.6. The summed E-state index contributed by atoms with van der Waals surface area (Å²) in [5.41, 5.74) is 0. The third-order valence-electron chi connectivity index (χ3n) is 11.8. The van der Waals surface area contributed by atoms with Crippen LogP contribution in [0.3, 0.4) is 0 Å². The van der Waals surface area contributed by atoms with Gasteiger partial charge in [-0.3, -0.25) is 9.35 Å². The summed E-state index contributed by atoms with van der Waals surface area (Å²) >= 11 is 0. The number of unbranched alkanes of at least 4 members (excludes halogenated alkanes) is 27. The van der Waals surface area contributed by atoms with E-state index < -0.39 is 78.5 Å². The summed E-state index contributed by atoms with van der Waals surface area (Å²) in [6.07, 6.45) is 32.5. The predicted octanol–water partition coefficient (Wildman–Crippen LogP) is 9.08. The van der Waals surface area contributed by atoms with E-state index in [4.69, 9.17) is 9.47 Å². The highest BCUT2D eigenvalue weighted by atomic mass is 32.3. The van der Waals surface area contributed by atoms with Crippen LogP contribution in [0, 0.1) is 0 Å². The van der Waals surface area contributed by atoms with Gasteiger partial charge in [-0.05, 0) is 44.9 Å². The zero-order valence-electron chi connectivity index (χ0n) is 38.8. The van der Waals surface area contributed by atoms with Crippen LogP contribution in [0.2, 0.25) is 0 Å². The Hall–Kier alpha value is -1.46. The van der Waals surface area contributed by atoms with E-state index in [1.54, 1.807) is 0 Å². The van der Waals surface area contributed by atoms with E-state index in [0.717, 1.165) is 51.4 Å². The van der Waals surface area contributed by atoms with Gasteiger partial charge in [-0.2, -0.15) is 8.42 Å². The van der Waals surface area contributed by atoms with E-state index in [1.165, 1.54) is 134 Å². The molecule has 1 aliphatic rings. The molecular weight excluding hydrogens is 815 g/mol. The number of allylic oxidation sites excluding steroid dienone is 3. The molecule has 0 bridgehead atoms. The summed E-state index contributed by atoms with van der Waals surface area (Å²) in [5.74, 6) is -0.710. The van der Waals surface area contributed by atoms with Crippen LogP contribution in [0.5, 0.6) is 0 Å². The van der Waals surface area contributed by atoms with Gasteiger partial charge in [0.2, 0.25) is 5.91 Å². The first-order valence-corrected chi connectivity index (χ1v) is 26.2. The molecule has 62 heavy (non-hydrogen) atoms. The Bertz CT molecular complexity index is 1220. The average molecular weight is 906 g/mol. The minimum atomic E-state index is -5.12. The summed E-state index contributed by atoms with van der Waals surface area (Å²) < 4.78 is 47.6. The molecule has 14 heteroatoms. The molecule has 8 unspecified atom stereocenters. The zero-order chi connectivity index (χ0) is 45.7. The first-order valence-electron chi connectivity index (χ1n) is 24.8. The standard InChI is InChI=1S/C48H91NO12S/c1-3-5-7-9-11-13-15-17-19-20-21-23-24-26-28-30-32-34-36-41(51)40(39-59-48-45(54)46(61-62(56,57)58)44(53)43(38-50)60-48)49-47(55)42(52)37-35-33-31-29-27-25-22-18-16-14-12-10-8-6-4-2/h22,25,34,36,40-46,48,50-54H,3-21,23-24,26-33,35,37-39H2,1-2H3,(H,49,55)(H,56,57,58)/b25-22-,36-34+. The highest BCUT2D eigenvalue weighted by molar-refractivity contribution is 7.80. The molecule has 0 saturated carbocycles. The van der Waals surface area contributed by atoms with E-state index >= 15 is 0 Å². The average Bonchev–Trinajstić information content (AvgIpc) is 3.24. The molecule has 0 radical (unpaired) electrons. The van der Waals surface area contributed by atoms with Gasteiger partial charge in [-0.15, -0.1) is 0 Å². The lowest BCUT2D eigenvalue weighted by molar-refractivity contribution is -0.298. The van der Waals surface area contributed by atoms with Crippen molar-refractivity contribution >= 4 is 16.3 Å². The van der Waals surface area contributed by atoms with Crippen molar-refractivity contribution in [3.63, 3.8) is 0 Å². The minimum absolute atomic E-state index is 0.230. The number of carbonyl (C=O) groups is 1. The molecule has 0 aromatic carbocycles. The lowest BCUT2D eigenvalue weighted by atomic mass is 9.99. The van der Waals surface area contributed by atoms with Gasteiger partial charge < -0.3 is 40.3 Å². The van der Waals surface area contributed by atoms with Crippen LogP contribution in [-0.2, 0) is 28.9 Å². The summed E-state index contributed by atoms with van der Waals surface area (Å²) in [6, 6.07) is -1.12. The number of aliphatic hydroxyl groups excluding tert-OH is 5. The van der Waals surface area contributed by atoms with Gasteiger partial charge in [0, 0.05) is 0 Å². The molecule has 0 aliphatic carbocycles. The molecule has 1 aliphatic heterocycles. The number of aliphatic hydroxyl groups is 5. The highest BCUT2D eigenvalue weighted by Gasteiger charge is 2.48. The second-order valence-electron chi connectivity index (χ2n) is 17.5. The van der Waals surface area contributed by atoms with Gasteiger partial charge >= 0.3 is 10.4 Å². The maximum absolute atomic E-state index is 13.1. The quantitative estimate of drug-likeness (QED) is 0.0174. The molecule has 1 amide bonds. The number of rotatable bonds is 42. The largest absolute Gasteiger partial charge is 0.397 e. The Balaban J connectivity index is 2.56. The van der Waals surface area contributed by atoms with Crippen LogP contribution in [-0.4, -0.2) is 107 Å². The van der Waals surface area contributed by atoms with Crippen molar-refractivity contribution in [1.82, 2.24) is 5.32 Å². The van der Waals surface area contributed by atoms with Crippen LogP contribution in [0.25, 0.3) is 0 Å². The van der Waals surface area contributed by atoms with Crippen molar-refractivity contribution in [3.8, 4) is 0 Å². The van der Waals surface area contributed by atoms with E-state index in [9.17, 15) is 43.3 Å². The molecule has 1 rings (SSSR count). The molecule has 1 fully saturated rings. The van der Waals surface area contributed by atoms with E-state index in [1.807, 2.05) is 6.08 Å². The summed E-state index contributed by atoms with van der Waals surface area (Å²) in [6.45, 7) is 3.22. The number of amides is 1. The lowest BCUT2D eigenvalue weighted by Crippen LogP contribution is -2.61. The molecular formula is C48H91NO12S. The normalized spacial score (nSPS) is 21.2. The fourth-order valence-corrected chi connectivity index (χ4v) is 8.38. The fraction of sp³-hybridized carbons (Fsp3) is 0.896. The highest BCUT2D eigenvalue weighted by Crippen LogP contribution is 2.26. The monoisotopic (exact) mass is 906 g/mol. The van der Waals surface area contributed by atoms with Crippen LogP contribution in [0.1, 0.15) is 213 Å². The van der Waals surface area contributed by atoms with Gasteiger partial charge in [0.05, 0.1) is 25.4 Å². The van der Waals surface area contributed by atoms with Crippen LogP contribution >= 0.6 is 0 Å². The van der Waals surface area contributed by atoms with Crippen molar-refractivity contribution in [2.75, 3.05) is 13.2 Å². The number of hydrogen-bond donors (Lipinski definition) is 7. The number of ether oxygens (including phenoxy) is 2. The predicted molar refractivity (Wildman–Crippen MR) is 247 cm³/mol. The van der Waals surface area contributed by atoms with Gasteiger partial charge in [0.1, 0.15) is 30.5 Å². The topological polar surface area (TPSA) is 212 Å². The SMILES string of the molecule is CCCCCCCCC/C=C\CCCCCCC(O)C(=O)NC(COC1OC(CO)C(O)C(OS(=O)(=O)O)C1O)C(O)/C=C/CCCCCCCCCCCCCCCCCC. The van der Waals surface area contributed by atoms with Gasteiger partial charge in [-0.1, -0.05) is 192 Å². The van der Waals surface area contributed by atoms with Crippen LogP contribution in [0.4, 0.5) is 0 Å². The Kier molecular flexibility index (Phi) is 36.6. The third-order valence-corrected chi connectivity index (χ3v) is 12.3. The molecule has 7 N–H and O–H groups in total. The second kappa shape index (κ2) is 38.8. The van der Waals surface area contributed by atoms with Crippen LogP contribution < -0.4 is 5.32 Å².